The number of carbonyl (C=O) groups is 1. The predicted octanol–water partition coefficient (Wildman–Crippen LogP) is 4.50. The maximum Gasteiger partial charge on any atom is 0.417 e. The molecule has 1 aliphatic heterocycles. The predicted molar refractivity (Wildman–Crippen MR) is 85.7 cm³/mol. The molecule has 1 N–H and O–H groups in total. The lowest BCUT2D eigenvalue weighted by Crippen LogP contribution is -2.09. The average Bonchev–Trinajstić information content (AvgIpc) is 3.15. The van der Waals surface area contributed by atoms with Crippen LogP contribution in [0.15, 0.2) is 24.4 Å². The summed E-state index contributed by atoms with van der Waals surface area (Å²) in [6.07, 6.45) is -6.95. The lowest BCUT2D eigenvalue weighted by molar-refractivity contribution is -0.137. The Morgan fingerprint density at radius 3 is 2.67 bits per heavy atom. The molecular weight excluding hydrogens is 395 g/mol. The normalized spacial score (nSPS) is 14.1. The molecule has 0 saturated carbocycles. The lowest BCUT2D eigenvalue weighted by Gasteiger charge is -2.15. The Kier molecular flexibility index (Phi) is 3.84. The third kappa shape index (κ3) is 2.89. The molecule has 4 rings (SSSR count). The van der Waals surface area contributed by atoms with Crippen molar-refractivity contribution in [2.24, 2.45) is 0 Å². The fourth-order valence-corrected chi connectivity index (χ4v) is 3.31. The molecule has 27 heavy (non-hydrogen) atoms. The summed E-state index contributed by atoms with van der Waals surface area (Å²) >= 11 is 6.10. The summed E-state index contributed by atoms with van der Waals surface area (Å²) in [6, 6.07) is 3.32. The number of pyridine rings is 1. The third-order valence-electron chi connectivity index (χ3n) is 4.10. The number of anilines is 1. The number of carbonyl (C=O) groups excluding carboxylic acids is 1. The van der Waals surface area contributed by atoms with Crippen LogP contribution in [0.3, 0.4) is 0 Å². The number of alkyl halides is 5. The minimum atomic E-state index is -4.77. The van der Waals surface area contributed by atoms with Gasteiger partial charge in [0.15, 0.2) is 5.65 Å². The van der Waals surface area contributed by atoms with E-state index < -0.39 is 29.6 Å². The van der Waals surface area contributed by atoms with Crippen LogP contribution in [0.5, 0.6) is 0 Å². The van der Waals surface area contributed by atoms with Crippen molar-refractivity contribution in [1.29, 1.82) is 0 Å². The van der Waals surface area contributed by atoms with E-state index in [0.29, 0.717) is 11.3 Å². The zero-order valence-electron chi connectivity index (χ0n) is 13.1. The third-order valence-corrected chi connectivity index (χ3v) is 4.40. The highest BCUT2D eigenvalue weighted by Crippen LogP contribution is 2.42. The van der Waals surface area contributed by atoms with E-state index in [2.05, 4.69) is 15.4 Å². The number of halogens is 6. The fraction of sp³-hybridized carbons (Fsp3) is 0.188. The molecule has 5 nitrogen and oxygen atoms in total. The molecule has 0 aliphatic carbocycles. The largest absolute Gasteiger partial charge is 0.417 e. The summed E-state index contributed by atoms with van der Waals surface area (Å²) in [5.74, 6) is -1.24. The quantitative estimate of drug-likeness (QED) is 0.642. The van der Waals surface area contributed by atoms with Crippen molar-refractivity contribution in [2.75, 3.05) is 5.32 Å². The molecule has 0 saturated heterocycles. The Labute approximate surface area is 152 Å². The Morgan fingerprint density at radius 2 is 2.00 bits per heavy atom. The molecule has 0 bridgehead atoms. The summed E-state index contributed by atoms with van der Waals surface area (Å²) in [6.45, 7) is 0. The van der Waals surface area contributed by atoms with E-state index in [1.807, 2.05) is 0 Å². The molecule has 1 aromatic carbocycles. The number of nitrogens with zero attached hydrogens (tertiary/aromatic N) is 3. The number of benzene rings is 1. The minimum Gasteiger partial charge on any atom is -0.324 e. The van der Waals surface area contributed by atoms with Crippen molar-refractivity contribution >= 4 is 28.8 Å². The van der Waals surface area contributed by atoms with Crippen molar-refractivity contribution in [3.63, 3.8) is 0 Å². The van der Waals surface area contributed by atoms with Crippen molar-refractivity contribution < 1.29 is 26.7 Å². The van der Waals surface area contributed by atoms with E-state index >= 15 is 0 Å². The highest BCUT2D eigenvalue weighted by atomic mass is 35.5. The second-order valence-electron chi connectivity index (χ2n) is 5.86. The van der Waals surface area contributed by atoms with E-state index in [9.17, 15) is 26.7 Å². The first kappa shape index (κ1) is 17.7. The number of rotatable bonds is 2. The second-order valence-corrected chi connectivity index (χ2v) is 6.27. The molecule has 0 unspecified atom stereocenters. The van der Waals surface area contributed by atoms with Gasteiger partial charge < -0.3 is 5.32 Å². The van der Waals surface area contributed by atoms with Crippen LogP contribution in [0.4, 0.5) is 27.6 Å². The van der Waals surface area contributed by atoms with Gasteiger partial charge in [0.2, 0.25) is 11.7 Å². The van der Waals surface area contributed by atoms with Gasteiger partial charge >= 0.3 is 6.18 Å². The number of amides is 1. The van der Waals surface area contributed by atoms with Crippen LogP contribution in [-0.4, -0.2) is 20.5 Å². The smallest absolute Gasteiger partial charge is 0.324 e. The summed E-state index contributed by atoms with van der Waals surface area (Å²) in [4.78, 5) is 15.1. The molecule has 3 heterocycles. The minimum absolute atomic E-state index is 0.00129. The molecule has 3 aromatic rings. The first-order chi connectivity index (χ1) is 12.6. The topological polar surface area (TPSA) is 59.3 Å². The average molecular weight is 403 g/mol. The monoisotopic (exact) mass is 402 g/mol. The highest BCUT2D eigenvalue weighted by Gasteiger charge is 2.36. The molecule has 2 aromatic heterocycles. The number of aromatic nitrogens is 3. The first-order valence-corrected chi connectivity index (χ1v) is 7.90. The van der Waals surface area contributed by atoms with E-state index in [4.69, 9.17) is 11.6 Å². The first-order valence-electron chi connectivity index (χ1n) is 7.52. The van der Waals surface area contributed by atoms with Gasteiger partial charge in [0.05, 0.1) is 22.7 Å². The van der Waals surface area contributed by atoms with Gasteiger partial charge in [-0.3, -0.25) is 4.79 Å². The summed E-state index contributed by atoms with van der Waals surface area (Å²) in [7, 11) is 0. The van der Waals surface area contributed by atoms with Gasteiger partial charge in [0, 0.05) is 11.8 Å². The Morgan fingerprint density at radius 1 is 1.26 bits per heavy atom. The van der Waals surface area contributed by atoms with Gasteiger partial charge in [-0.05, 0) is 29.3 Å². The van der Waals surface area contributed by atoms with Crippen LogP contribution in [0.1, 0.15) is 23.4 Å². The highest BCUT2D eigenvalue weighted by molar-refractivity contribution is 6.34. The van der Waals surface area contributed by atoms with Gasteiger partial charge in [-0.2, -0.15) is 13.2 Å². The molecule has 1 aliphatic rings. The van der Waals surface area contributed by atoms with Crippen molar-refractivity contribution in [3.8, 4) is 11.1 Å². The SMILES string of the molecule is O=C1Cc2cc(-c3c(C(F)(F)F)ccn4nc(C(F)F)nc34)cc(Cl)c2N1. The Balaban J connectivity index is 2.04. The fourth-order valence-electron chi connectivity index (χ4n) is 3.02. The molecule has 0 radical (unpaired) electrons. The molecule has 140 valence electrons. The Hall–Kier alpha value is -2.75. The lowest BCUT2D eigenvalue weighted by atomic mass is 9.98. The van der Waals surface area contributed by atoms with Crippen LogP contribution >= 0.6 is 11.6 Å². The van der Waals surface area contributed by atoms with Gasteiger partial charge in [-0.25, -0.2) is 18.3 Å². The molecule has 0 atom stereocenters. The van der Waals surface area contributed by atoms with Gasteiger partial charge in [-0.1, -0.05) is 11.6 Å². The molecule has 11 heteroatoms. The molecular formula is C16H8ClF5N4O. The maximum absolute atomic E-state index is 13.6. The summed E-state index contributed by atoms with van der Waals surface area (Å²) < 4.78 is 67.4. The summed E-state index contributed by atoms with van der Waals surface area (Å²) in [5.41, 5.74) is -1.16. The van der Waals surface area contributed by atoms with Crippen LogP contribution in [0, 0.1) is 0 Å². The van der Waals surface area contributed by atoms with Crippen LogP contribution in [0.25, 0.3) is 16.8 Å². The number of fused-ring (bicyclic) bond motifs is 2. The molecule has 1 amide bonds. The van der Waals surface area contributed by atoms with Gasteiger partial charge in [0.25, 0.3) is 6.43 Å². The van der Waals surface area contributed by atoms with Crippen LogP contribution < -0.4 is 5.32 Å². The van der Waals surface area contributed by atoms with Crippen molar-refractivity contribution in [1.82, 2.24) is 14.6 Å². The number of hydrogen-bond donors (Lipinski definition) is 1. The summed E-state index contributed by atoms with van der Waals surface area (Å²) in [5, 5.41) is 6.08. The standard InChI is InChI=1S/C16H8ClF5N4O/c17-9-4-6(3-7-5-10(27)23-12(7)9)11-8(16(20,21)22)1-2-26-15(11)24-14(25-26)13(18)19/h1-4,13H,5H2,(H,23,27). The molecule has 0 fully saturated rings. The van der Waals surface area contributed by atoms with E-state index in [-0.39, 0.29) is 28.6 Å². The van der Waals surface area contributed by atoms with Crippen molar-refractivity contribution in [2.45, 2.75) is 19.0 Å². The Bertz CT molecular complexity index is 1090. The van der Waals surface area contributed by atoms with Gasteiger partial charge in [0.1, 0.15) is 0 Å². The zero-order chi connectivity index (χ0) is 19.5. The molecule has 0 spiro atoms. The maximum atomic E-state index is 13.6. The van der Waals surface area contributed by atoms with Crippen molar-refractivity contribution in [3.05, 3.63) is 46.4 Å². The number of hydrogen-bond acceptors (Lipinski definition) is 3. The van der Waals surface area contributed by atoms with E-state index in [1.165, 1.54) is 12.1 Å². The van der Waals surface area contributed by atoms with Crippen LogP contribution in [0.2, 0.25) is 5.02 Å². The van der Waals surface area contributed by atoms with Crippen LogP contribution in [-0.2, 0) is 17.4 Å². The van der Waals surface area contributed by atoms with Gasteiger partial charge in [-0.15, -0.1) is 5.10 Å². The van der Waals surface area contributed by atoms with E-state index in [1.54, 1.807) is 0 Å². The zero-order valence-corrected chi connectivity index (χ0v) is 13.9. The van der Waals surface area contributed by atoms with E-state index in [0.717, 1.165) is 16.8 Å². The number of nitrogens with one attached hydrogen (secondary N) is 1. The second kappa shape index (κ2) is 5.88.